The molecule has 0 spiro atoms. The van der Waals surface area contributed by atoms with Gasteiger partial charge >= 0.3 is 0 Å². The summed E-state index contributed by atoms with van der Waals surface area (Å²) in [6.07, 6.45) is 1.21. The van der Waals surface area contributed by atoms with E-state index in [1.807, 2.05) is 0 Å². The molecule has 1 radical (unpaired) electrons. The van der Waals surface area contributed by atoms with Gasteiger partial charge in [0.05, 0.1) is 6.21 Å². The minimum Gasteiger partial charge on any atom is -2.00 e. The topological polar surface area (TPSA) is 143 Å². The second-order valence-corrected chi connectivity index (χ2v) is 3.99. The van der Waals surface area contributed by atoms with Gasteiger partial charge in [0.25, 0.3) is 0 Å². The van der Waals surface area contributed by atoms with Crippen LogP contribution >= 0.6 is 0 Å². The van der Waals surface area contributed by atoms with Crippen LogP contribution in [0.5, 0.6) is 11.5 Å². The monoisotopic (exact) mass is 366 g/mol. The molecule has 2 rings (SSSR count). The third kappa shape index (κ3) is 7.80. The molecule has 0 unspecified atom stereocenters. The molecule has 0 saturated carbocycles. The predicted molar refractivity (Wildman–Crippen MR) is 79.4 cm³/mol. The van der Waals surface area contributed by atoms with E-state index < -0.39 is 5.90 Å². The molecule has 0 bridgehead atoms. The molecule has 2 aromatic carbocycles. The van der Waals surface area contributed by atoms with Gasteiger partial charge in [-0.05, 0) is 11.6 Å². The Balaban J connectivity index is 0. The number of para-hydroxylation sites is 2. The minimum absolute atomic E-state index is 0. The maximum atomic E-state index is 11.6. The fourth-order valence-corrected chi connectivity index (χ4v) is 1.44. The van der Waals surface area contributed by atoms with Crippen LogP contribution in [0.15, 0.2) is 58.7 Å². The number of benzene rings is 2. The van der Waals surface area contributed by atoms with Gasteiger partial charge in [-0.15, -0.1) is 6.61 Å². The molecule has 0 fully saturated rings. The number of nitrogens with zero attached hydrogens (tertiary/aromatic N) is 2. The zero-order valence-corrected chi connectivity index (χ0v) is 14.2. The molecule has 1 N–H and O–H groups in total. The van der Waals surface area contributed by atoms with Crippen LogP contribution in [0.4, 0.5) is 0 Å². The smallest absolute Gasteiger partial charge is 0.123 e. The number of phenolic OH excluding ortho intramolecular Hbond substituents is 1. The van der Waals surface area contributed by atoms with Gasteiger partial charge in [-0.1, -0.05) is 55.1 Å². The number of rotatable bonds is 3. The summed E-state index contributed by atoms with van der Waals surface area (Å²) in [5.41, 5.74) is 0.409. The van der Waals surface area contributed by atoms with E-state index in [-0.39, 0.29) is 47.7 Å². The van der Waals surface area contributed by atoms with Gasteiger partial charge in [-0.2, -0.15) is 10.2 Å². The molecule has 0 atom stereocenters. The van der Waals surface area contributed by atoms with Gasteiger partial charge in [0.1, 0.15) is 5.75 Å². The van der Waals surface area contributed by atoms with E-state index in [4.69, 9.17) is 5.11 Å². The first-order chi connectivity index (χ1) is 10.6. The van der Waals surface area contributed by atoms with Crippen LogP contribution in [0.25, 0.3) is 0 Å². The number of aromatic hydroxyl groups is 1. The van der Waals surface area contributed by atoms with Crippen molar-refractivity contribution in [2.45, 2.75) is 6.92 Å². The van der Waals surface area contributed by atoms with Crippen LogP contribution in [-0.2, 0) is 24.0 Å². The summed E-state index contributed by atoms with van der Waals surface area (Å²) in [5, 5.41) is 48.4. The Morgan fingerprint density at radius 1 is 1.12 bits per heavy atom. The van der Waals surface area contributed by atoms with E-state index in [1.165, 1.54) is 24.4 Å². The van der Waals surface area contributed by atoms with Crippen LogP contribution < -0.4 is 15.3 Å². The summed E-state index contributed by atoms with van der Waals surface area (Å²) in [6.45, 7) is 1.57. The molecule has 8 heteroatoms. The molecule has 0 heterocycles. The Bertz CT molecular complexity index is 662. The molecular weight excluding hydrogens is 351 g/mol. The third-order valence-corrected chi connectivity index (χ3v) is 2.40. The van der Waals surface area contributed by atoms with Crippen molar-refractivity contribution in [2.24, 2.45) is 10.2 Å². The summed E-state index contributed by atoms with van der Waals surface area (Å²) >= 11 is 0. The third-order valence-electron chi connectivity index (χ3n) is 2.40. The SMILES string of the molecule is CC[O-].[O-2].[O-]/C(=N\N=C\c1ccccc1[O-])c1ccccc1O.[V]. The van der Waals surface area contributed by atoms with Crippen molar-refractivity contribution < 1.29 is 44.5 Å². The van der Waals surface area contributed by atoms with Gasteiger partial charge in [-0.25, -0.2) is 0 Å². The molecule has 0 aliphatic rings. The summed E-state index contributed by atoms with van der Waals surface area (Å²) in [5.74, 6) is -1.02. The quantitative estimate of drug-likeness (QED) is 0.458. The normalized spacial score (nSPS) is 10.2. The Morgan fingerprint density at radius 2 is 1.67 bits per heavy atom. The van der Waals surface area contributed by atoms with E-state index in [1.54, 1.807) is 37.3 Å². The van der Waals surface area contributed by atoms with Crippen molar-refractivity contribution in [3.8, 4) is 11.5 Å². The molecule has 0 amide bonds. The molecule has 129 valence electrons. The fraction of sp³-hybridized carbons (Fsp3) is 0.125. The van der Waals surface area contributed by atoms with Crippen LogP contribution in [0.2, 0.25) is 0 Å². The second-order valence-electron chi connectivity index (χ2n) is 3.99. The van der Waals surface area contributed by atoms with Crippen molar-refractivity contribution in [1.82, 2.24) is 0 Å². The Kier molecular flexibility index (Phi) is 13.1. The molecule has 0 saturated heterocycles. The minimum atomic E-state index is -0.669. The van der Waals surface area contributed by atoms with Crippen molar-refractivity contribution in [1.29, 1.82) is 0 Å². The summed E-state index contributed by atoms with van der Waals surface area (Å²) in [4.78, 5) is 0. The average molecular weight is 366 g/mol. The first-order valence-electron chi connectivity index (χ1n) is 6.50. The van der Waals surface area contributed by atoms with E-state index in [0.29, 0.717) is 5.56 Å². The van der Waals surface area contributed by atoms with Crippen molar-refractivity contribution in [3.63, 3.8) is 0 Å². The molecule has 2 aromatic rings. The van der Waals surface area contributed by atoms with Gasteiger partial charge < -0.3 is 25.9 Å². The van der Waals surface area contributed by atoms with Crippen LogP contribution in [0, 0.1) is 0 Å². The zero-order valence-electron chi connectivity index (χ0n) is 12.8. The summed E-state index contributed by atoms with van der Waals surface area (Å²) in [6, 6.07) is 12.3. The number of phenols is 1. The van der Waals surface area contributed by atoms with E-state index >= 15 is 0 Å². The van der Waals surface area contributed by atoms with Crippen molar-refractivity contribution in [3.05, 3.63) is 59.7 Å². The Morgan fingerprint density at radius 3 is 2.25 bits per heavy atom. The van der Waals surface area contributed by atoms with Crippen LogP contribution in [0.1, 0.15) is 18.1 Å². The maximum Gasteiger partial charge on any atom is 0.123 e. The molecule has 7 nitrogen and oxygen atoms in total. The Labute approximate surface area is 151 Å². The predicted octanol–water partition coefficient (Wildman–Crippen LogP) is -0.148. The molecule has 0 aliphatic heterocycles. The summed E-state index contributed by atoms with van der Waals surface area (Å²) in [7, 11) is 0. The van der Waals surface area contributed by atoms with Gasteiger partial charge in [0.2, 0.25) is 0 Å². The van der Waals surface area contributed by atoms with E-state index in [0.717, 1.165) is 0 Å². The standard InChI is InChI=1S/C14H12N2O3.C2H5O.O.V/c17-12-7-3-1-5-10(12)9-15-16-14(19)11-6-2-4-8-13(11)18;1-2-3;;/h1-9,17-18H,(H,16,19);2H2,1H3;;/q;-1;-2;/p-2/b15-9+;;;. The maximum absolute atomic E-state index is 11.6. The molecule has 24 heavy (non-hydrogen) atoms. The van der Waals surface area contributed by atoms with E-state index in [9.17, 15) is 15.3 Å². The largest absolute Gasteiger partial charge is 2.00 e. The zero-order chi connectivity index (χ0) is 16.4. The molecule has 0 aromatic heterocycles. The van der Waals surface area contributed by atoms with Crippen molar-refractivity contribution in [2.75, 3.05) is 6.61 Å². The first-order valence-corrected chi connectivity index (χ1v) is 6.50. The molecule has 0 aliphatic carbocycles. The average Bonchev–Trinajstić information content (AvgIpc) is 2.50. The molecular formula is C16H15N2O5V-5. The van der Waals surface area contributed by atoms with Gasteiger partial charge in [0.15, 0.2) is 0 Å². The second kappa shape index (κ2) is 13.2. The van der Waals surface area contributed by atoms with E-state index in [2.05, 4.69) is 10.2 Å². The first kappa shape index (κ1) is 23.9. The summed E-state index contributed by atoms with van der Waals surface area (Å²) < 4.78 is 0. The van der Waals surface area contributed by atoms with Gasteiger partial charge in [0, 0.05) is 30.0 Å². The van der Waals surface area contributed by atoms with Gasteiger partial charge in [-0.3, -0.25) is 0 Å². The fourth-order valence-electron chi connectivity index (χ4n) is 1.44. The number of hydrogen-bond acceptors (Lipinski definition) is 6. The number of hydrogen-bond donors (Lipinski definition) is 1. The Hall–Kier alpha value is -2.32. The van der Waals surface area contributed by atoms with Crippen molar-refractivity contribution >= 4 is 12.1 Å². The van der Waals surface area contributed by atoms with Crippen LogP contribution in [0.3, 0.4) is 0 Å². The van der Waals surface area contributed by atoms with Crippen LogP contribution in [-0.4, -0.2) is 23.8 Å².